The molecule has 2 aromatic rings. The van der Waals surface area contributed by atoms with Gasteiger partial charge in [-0.2, -0.15) is 0 Å². The summed E-state index contributed by atoms with van der Waals surface area (Å²) in [5.41, 5.74) is 4.01. The number of hydrogen-bond acceptors (Lipinski definition) is 1. The minimum atomic E-state index is 0.157. The van der Waals surface area contributed by atoms with Crippen molar-refractivity contribution in [3.63, 3.8) is 0 Å². The summed E-state index contributed by atoms with van der Waals surface area (Å²) < 4.78 is 0. The molecule has 0 saturated heterocycles. The molecule has 0 aliphatic carbocycles. The predicted octanol–water partition coefficient (Wildman–Crippen LogP) is 5.93. The van der Waals surface area contributed by atoms with Crippen LogP contribution in [0.15, 0.2) is 54.6 Å². The van der Waals surface area contributed by atoms with E-state index in [4.69, 9.17) is 0 Å². The minimum Gasteiger partial charge on any atom is -0.359 e. The highest BCUT2D eigenvalue weighted by atomic mass is 16.1. The number of benzene rings is 2. The van der Waals surface area contributed by atoms with Gasteiger partial charge in [0.2, 0.25) is 5.91 Å². The lowest BCUT2D eigenvalue weighted by molar-refractivity contribution is -0.120. The number of hydrogen-bond donors (Lipinski definition) is 1. The smallest absolute Gasteiger partial charge is 0.219 e. The summed E-state index contributed by atoms with van der Waals surface area (Å²) >= 11 is 0. The first-order valence-corrected chi connectivity index (χ1v) is 9.60. The average Bonchev–Trinajstić information content (AvgIpc) is 2.68. The summed E-state index contributed by atoms with van der Waals surface area (Å²) in [6.07, 6.45) is 7.69. The van der Waals surface area contributed by atoms with E-state index >= 15 is 0 Å². The molecule has 0 spiro atoms. The fourth-order valence-electron chi connectivity index (χ4n) is 3.34. The molecule has 1 atom stereocenters. The second kappa shape index (κ2) is 10.7. The molecule has 0 heterocycles. The lowest BCUT2D eigenvalue weighted by Gasteiger charge is -2.16. The van der Waals surface area contributed by atoms with Crippen LogP contribution in [0, 0.1) is 0 Å². The fourth-order valence-corrected chi connectivity index (χ4v) is 3.34. The van der Waals surface area contributed by atoms with E-state index in [0.717, 1.165) is 12.8 Å². The van der Waals surface area contributed by atoms with Crippen LogP contribution in [0.4, 0.5) is 0 Å². The van der Waals surface area contributed by atoms with Crippen molar-refractivity contribution in [2.45, 2.75) is 57.8 Å². The van der Waals surface area contributed by atoms with Crippen LogP contribution < -0.4 is 5.32 Å². The Morgan fingerprint density at radius 1 is 0.880 bits per heavy atom. The molecule has 0 fully saturated rings. The average molecular weight is 338 g/mol. The van der Waals surface area contributed by atoms with Crippen LogP contribution >= 0.6 is 0 Å². The summed E-state index contributed by atoms with van der Waals surface area (Å²) in [6.45, 7) is 2.28. The maximum atomic E-state index is 11.2. The number of unbranched alkanes of at least 4 members (excludes halogenated alkanes) is 3. The Morgan fingerprint density at radius 3 is 2.16 bits per heavy atom. The van der Waals surface area contributed by atoms with Crippen molar-refractivity contribution in [1.29, 1.82) is 0 Å². The molecule has 1 N–H and O–H groups in total. The van der Waals surface area contributed by atoms with Crippen LogP contribution in [0.3, 0.4) is 0 Å². The highest BCUT2D eigenvalue weighted by Crippen LogP contribution is 2.28. The van der Waals surface area contributed by atoms with Gasteiger partial charge < -0.3 is 5.32 Å². The van der Waals surface area contributed by atoms with Crippen molar-refractivity contribution in [1.82, 2.24) is 5.32 Å². The first kappa shape index (κ1) is 19.2. The molecular formula is C23H31NO. The molecule has 0 saturated carbocycles. The third-order valence-electron chi connectivity index (χ3n) is 4.97. The maximum absolute atomic E-state index is 11.2. The Hall–Kier alpha value is -2.09. The van der Waals surface area contributed by atoms with Gasteiger partial charge in [0.25, 0.3) is 0 Å². The molecule has 0 radical (unpaired) electrons. The van der Waals surface area contributed by atoms with Gasteiger partial charge in [-0.05, 0) is 41.9 Å². The van der Waals surface area contributed by atoms with Crippen LogP contribution in [-0.2, 0) is 4.79 Å². The number of carbonyl (C=O) groups is 1. The fraction of sp³-hybridized carbons (Fsp3) is 0.435. The van der Waals surface area contributed by atoms with Crippen molar-refractivity contribution in [2.75, 3.05) is 7.05 Å². The molecule has 134 valence electrons. The summed E-state index contributed by atoms with van der Waals surface area (Å²) in [7, 11) is 1.71. The van der Waals surface area contributed by atoms with Crippen LogP contribution in [0.5, 0.6) is 0 Å². The third-order valence-corrected chi connectivity index (χ3v) is 4.97. The zero-order chi connectivity index (χ0) is 17.9. The van der Waals surface area contributed by atoms with Crippen molar-refractivity contribution in [3.05, 3.63) is 60.2 Å². The summed E-state index contributed by atoms with van der Waals surface area (Å²) in [4.78, 5) is 11.2. The number of nitrogens with one attached hydrogen (secondary N) is 1. The van der Waals surface area contributed by atoms with Crippen molar-refractivity contribution < 1.29 is 4.79 Å². The van der Waals surface area contributed by atoms with E-state index in [1.165, 1.54) is 42.4 Å². The third kappa shape index (κ3) is 6.38. The van der Waals surface area contributed by atoms with Crippen LogP contribution in [-0.4, -0.2) is 13.0 Å². The van der Waals surface area contributed by atoms with Gasteiger partial charge in [-0.1, -0.05) is 80.8 Å². The van der Waals surface area contributed by atoms with E-state index in [2.05, 4.69) is 66.8 Å². The molecule has 2 rings (SSSR count). The first-order chi connectivity index (χ1) is 12.2. The van der Waals surface area contributed by atoms with Crippen molar-refractivity contribution >= 4 is 5.91 Å². The molecular weight excluding hydrogens is 306 g/mol. The monoisotopic (exact) mass is 337 g/mol. The Bertz CT molecular complexity index is 618. The number of rotatable bonds is 10. The molecule has 2 aromatic carbocycles. The standard InChI is InChI=1S/C23H31NO/c1-3-19(11-7-4-5-10-14-23(25)24-2)21-15-17-22(18-16-21)20-12-8-6-9-13-20/h6,8-9,12-13,15-19H,3-5,7,10-11,14H2,1-2H3,(H,24,25). The maximum Gasteiger partial charge on any atom is 0.219 e. The van der Waals surface area contributed by atoms with Crippen LogP contribution in [0.1, 0.15) is 63.4 Å². The lowest BCUT2D eigenvalue weighted by Crippen LogP contribution is -2.16. The van der Waals surface area contributed by atoms with Crippen LogP contribution in [0.25, 0.3) is 11.1 Å². The lowest BCUT2D eigenvalue weighted by atomic mass is 9.89. The van der Waals surface area contributed by atoms with E-state index in [0.29, 0.717) is 12.3 Å². The zero-order valence-electron chi connectivity index (χ0n) is 15.6. The molecule has 0 aliphatic rings. The van der Waals surface area contributed by atoms with Gasteiger partial charge in [0.15, 0.2) is 0 Å². The molecule has 0 aliphatic heterocycles. The molecule has 2 nitrogen and oxygen atoms in total. The Kier molecular flexibility index (Phi) is 8.24. The van der Waals surface area contributed by atoms with Crippen LogP contribution in [0.2, 0.25) is 0 Å². The highest BCUT2D eigenvalue weighted by Gasteiger charge is 2.09. The van der Waals surface area contributed by atoms with Gasteiger partial charge in [-0.15, -0.1) is 0 Å². The number of amides is 1. The second-order valence-corrected chi connectivity index (χ2v) is 6.72. The topological polar surface area (TPSA) is 29.1 Å². The summed E-state index contributed by atoms with van der Waals surface area (Å²) in [6, 6.07) is 19.6. The molecule has 1 unspecified atom stereocenters. The first-order valence-electron chi connectivity index (χ1n) is 9.60. The molecule has 2 heteroatoms. The Morgan fingerprint density at radius 2 is 1.52 bits per heavy atom. The largest absolute Gasteiger partial charge is 0.359 e. The zero-order valence-corrected chi connectivity index (χ0v) is 15.6. The van der Waals surface area contributed by atoms with Gasteiger partial charge in [0, 0.05) is 13.5 Å². The Balaban J connectivity index is 1.79. The van der Waals surface area contributed by atoms with Gasteiger partial charge >= 0.3 is 0 Å². The van der Waals surface area contributed by atoms with Gasteiger partial charge in [0.1, 0.15) is 0 Å². The number of carbonyl (C=O) groups excluding carboxylic acids is 1. The molecule has 1 amide bonds. The minimum absolute atomic E-state index is 0.157. The second-order valence-electron chi connectivity index (χ2n) is 6.72. The quantitative estimate of drug-likeness (QED) is 0.535. The van der Waals surface area contributed by atoms with Crippen molar-refractivity contribution in [3.8, 4) is 11.1 Å². The summed E-state index contributed by atoms with van der Waals surface area (Å²) in [5, 5.41) is 2.68. The van der Waals surface area contributed by atoms with Gasteiger partial charge in [0.05, 0.1) is 0 Å². The predicted molar refractivity (Wildman–Crippen MR) is 107 cm³/mol. The SMILES string of the molecule is CCC(CCCCCCC(=O)NC)c1ccc(-c2ccccc2)cc1. The van der Waals surface area contributed by atoms with Gasteiger partial charge in [-0.25, -0.2) is 0 Å². The van der Waals surface area contributed by atoms with Crippen molar-refractivity contribution in [2.24, 2.45) is 0 Å². The van der Waals surface area contributed by atoms with E-state index in [-0.39, 0.29) is 5.91 Å². The van der Waals surface area contributed by atoms with E-state index in [1.807, 2.05) is 0 Å². The van der Waals surface area contributed by atoms with E-state index in [9.17, 15) is 4.79 Å². The highest BCUT2D eigenvalue weighted by molar-refractivity contribution is 5.75. The molecule has 25 heavy (non-hydrogen) atoms. The summed E-state index contributed by atoms with van der Waals surface area (Å²) in [5.74, 6) is 0.800. The normalized spacial score (nSPS) is 11.9. The molecule has 0 bridgehead atoms. The van der Waals surface area contributed by atoms with Gasteiger partial charge in [-0.3, -0.25) is 4.79 Å². The molecule has 0 aromatic heterocycles. The van der Waals surface area contributed by atoms with E-state index in [1.54, 1.807) is 7.05 Å². The Labute approximate surface area is 152 Å². The van der Waals surface area contributed by atoms with E-state index < -0.39 is 0 Å².